The number of hydrogen-bond donors (Lipinski definition) is 0. The van der Waals surface area contributed by atoms with E-state index in [9.17, 15) is 0 Å². The van der Waals surface area contributed by atoms with Crippen LogP contribution in [0.3, 0.4) is 0 Å². The molecular formula is C24H40O2. The molecule has 4 fully saturated rings. The van der Waals surface area contributed by atoms with Crippen molar-refractivity contribution >= 4 is 0 Å². The second-order valence-corrected chi connectivity index (χ2v) is 9.71. The summed E-state index contributed by atoms with van der Waals surface area (Å²) in [5, 5.41) is 0. The Morgan fingerprint density at radius 2 is 1.23 bits per heavy atom. The molecule has 4 aliphatic rings. The number of ether oxygens (including phenoxy) is 2. The van der Waals surface area contributed by atoms with Crippen molar-refractivity contribution in [2.24, 2.45) is 29.6 Å². The van der Waals surface area contributed by atoms with Gasteiger partial charge in [0, 0.05) is 5.92 Å². The van der Waals surface area contributed by atoms with Gasteiger partial charge in [0.2, 0.25) is 0 Å². The van der Waals surface area contributed by atoms with Crippen LogP contribution in [0.1, 0.15) is 84.0 Å². The molecule has 2 aliphatic heterocycles. The second-order valence-electron chi connectivity index (χ2n) is 9.71. The molecule has 2 aliphatic carbocycles. The van der Waals surface area contributed by atoms with Crippen LogP contribution in [-0.2, 0) is 9.47 Å². The van der Waals surface area contributed by atoms with E-state index < -0.39 is 0 Å². The molecule has 2 nitrogen and oxygen atoms in total. The molecular weight excluding hydrogens is 320 g/mol. The Morgan fingerprint density at radius 1 is 0.654 bits per heavy atom. The van der Waals surface area contributed by atoms with E-state index in [0.717, 1.165) is 36.9 Å². The fourth-order valence-electron chi connectivity index (χ4n) is 5.92. The van der Waals surface area contributed by atoms with Crippen LogP contribution in [0.15, 0.2) is 12.2 Å². The van der Waals surface area contributed by atoms with Crippen molar-refractivity contribution in [2.45, 2.75) is 96.2 Å². The zero-order valence-electron chi connectivity index (χ0n) is 16.9. The SMILES string of the molecule is CCCC1CCC(C2CCC(/C=C/C3CCC(C4CO4)CC3)CO2)CC1. The molecule has 0 spiro atoms. The van der Waals surface area contributed by atoms with E-state index in [4.69, 9.17) is 9.47 Å². The highest BCUT2D eigenvalue weighted by molar-refractivity contribution is 4.97. The summed E-state index contributed by atoms with van der Waals surface area (Å²) in [6.07, 6.45) is 22.9. The highest BCUT2D eigenvalue weighted by Crippen LogP contribution is 2.39. The van der Waals surface area contributed by atoms with Gasteiger partial charge in [0.25, 0.3) is 0 Å². The molecule has 2 heterocycles. The van der Waals surface area contributed by atoms with E-state index in [0.29, 0.717) is 18.1 Å². The third kappa shape index (κ3) is 5.13. The molecule has 2 saturated carbocycles. The lowest BCUT2D eigenvalue weighted by Gasteiger charge is -2.37. The average molecular weight is 361 g/mol. The van der Waals surface area contributed by atoms with E-state index in [-0.39, 0.29) is 0 Å². The molecule has 2 heteroatoms. The van der Waals surface area contributed by atoms with Crippen LogP contribution in [-0.4, -0.2) is 25.4 Å². The monoisotopic (exact) mass is 360 g/mol. The molecule has 0 amide bonds. The Morgan fingerprint density at radius 3 is 1.85 bits per heavy atom. The Kier molecular flexibility index (Phi) is 6.75. The average Bonchev–Trinajstić information content (AvgIpc) is 3.54. The van der Waals surface area contributed by atoms with Crippen LogP contribution < -0.4 is 0 Å². The number of allylic oxidation sites excluding steroid dienone is 1. The molecule has 148 valence electrons. The normalized spacial score (nSPS) is 44.3. The summed E-state index contributed by atoms with van der Waals surface area (Å²) in [5.41, 5.74) is 0. The van der Waals surface area contributed by atoms with Crippen LogP contribution in [0.4, 0.5) is 0 Å². The summed E-state index contributed by atoms with van der Waals surface area (Å²) in [5.74, 6) is 4.22. The molecule has 0 bridgehead atoms. The largest absolute Gasteiger partial charge is 0.377 e. The molecule has 4 rings (SSSR count). The molecule has 2 saturated heterocycles. The van der Waals surface area contributed by atoms with Gasteiger partial charge in [-0.15, -0.1) is 0 Å². The van der Waals surface area contributed by atoms with Crippen LogP contribution in [0.2, 0.25) is 0 Å². The van der Waals surface area contributed by atoms with Crippen molar-refractivity contribution in [1.82, 2.24) is 0 Å². The summed E-state index contributed by atoms with van der Waals surface area (Å²) >= 11 is 0. The third-order valence-electron chi connectivity index (χ3n) is 7.82. The number of hydrogen-bond acceptors (Lipinski definition) is 2. The Balaban J connectivity index is 1.14. The summed E-state index contributed by atoms with van der Waals surface area (Å²) in [4.78, 5) is 0. The zero-order valence-corrected chi connectivity index (χ0v) is 16.9. The van der Waals surface area contributed by atoms with Gasteiger partial charge in [0.15, 0.2) is 0 Å². The highest BCUT2D eigenvalue weighted by Gasteiger charge is 2.35. The summed E-state index contributed by atoms with van der Waals surface area (Å²) in [7, 11) is 0. The fourth-order valence-corrected chi connectivity index (χ4v) is 5.92. The second kappa shape index (κ2) is 9.24. The van der Waals surface area contributed by atoms with Gasteiger partial charge in [0.1, 0.15) is 0 Å². The standard InChI is InChI=1S/C24H40O2/c1-2-3-18-6-11-21(12-7-18)23-15-10-20(16-25-23)5-4-19-8-13-22(14-9-19)24-17-26-24/h4-5,18-24H,2-3,6-17H2,1H3/b5-4+. The minimum absolute atomic E-state index is 0.566. The van der Waals surface area contributed by atoms with Gasteiger partial charge in [-0.2, -0.15) is 0 Å². The Bertz CT molecular complexity index is 431. The van der Waals surface area contributed by atoms with Crippen molar-refractivity contribution in [2.75, 3.05) is 13.2 Å². The quantitative estimate of drug-likeness (QED) is 0.418. The van der Waals surface area contributed by atoms with Gasteiger partial charge in [-0.05, 0) is 75.0 Å². The van der Waals surface area contributed by atoms with Crippen LogP contribution in [0, 0.1) is 29.6 Å². The molecule has 3 unspecified atom stereocenters. The van der Waals surface area contributed by atoms with Crippen LogP contribution >= 0.6 is 0 Å². The summed E-state index contributed by atoms with van der Waals surface area (Å²) in [6, 6.07) is 0. The topological polar surface area (TPSA) is 21.8 Å². The molecule has 0 aromatic rings. The lowest BCUT2D eigenvalue weighted by molar-refractivity contribution is -0.0494. The van der Waals surface area contributed by atoms with Crippen molar-refractivity contribution in [3.05, 3.63) is 12.2 Å². The van der Waals surface area contributed by atoms with E-state index in [1.54, 1.807) is 0 Å². The maximum atomic E-state index is 6.35. The lowest BCUT2D eigenvalue weighted by atomic mass is 9.76. The maximum Gasteiger partial charge on any atom is 0.0838 e. The van der Waals surface area contributed by atoms with Crippen molar-refractivity contribution in [1.29, 1.82) is 0 Å². The van der Waals surface area contributed by atoms with Gasteiger partial charge in [0.05, 0.1) is 25.4 Å². The smallest absolute Gasteiger partial charge is 0.0838 e. The van der Waals surface area contributed by atoms with Crippen molar-refractivity contribution in [3.8, 4) is 0 Å². The van der Waals surface area contributed by atoms with Crippen LogP contribution in [0.5, 0.6) is 0 Å². The first-order valence-electron chi connectivity index (χ1n) is 11.7. The predicted octanol–water partition coefficient (Wildman–Crippen LogP) is 6.15. The van der Waals surface area contributed by atoms with Gasteiger partial charge < -0.3 is 9.47 Å². The van der Waals surface area contributed by atoms with Gasteiger partial charge in [-0.3, -0.25) is 0 Å². The predicted molar refractivity (Wildman–Crippen MR) is 107 cm³/mol. The summed E-state index contributed by atoms with van der Waals surface area (Å²) in [6.45, 7) is 4.34. The first kappa shape index (κ1) is 19.0. The van der Waals surface area contributed by atoms with E-state index in [2.05, 4.69) is 19.1 Å². The lowest BCUT2D eigenvalue weighted by Crippen LogP contribution is -2.33. The summed E-state index contributed by atoms with van der Waals surface area (Å²) < 4.78 is 11.8. The Hall–Kier alpha value is -0.340. The minimum Gasteiger partial charge on any atom is -0.377 e. The van der Waals surface area contributed by atoms with Gasteiger partial charge >= 0.3 is 0 Å². The maximum absolute atomic E-state index is 6.35. The van der Waals surface area contributed by atoms with E-state index in [1.807, 2.05) is 0 Å². The first-order valence-corrected chi connectivity index (χ1v) is 11.7. The molecule has 26 heavy (non-hydrogen) atoms. The van der Waals surface area contributed by atoms with Gasteiger partial charge in [-0.1, -0.05) is 44.8 Å². The molecule has 0 N–H and O–H groups in total. The first-order chi connectivity index (χ1) is 12.8. The highest BCUT2D eigenvalue weighted by atomic mass is 16.6. The van der Waals surface area contributed by atoms with Crippen LogP contribution in [0.25, 0.3) is 0 Å². The van der Waals surface area contributed by atoms with E-state index >= 15 is 0 Å². The molecule has 0 aromatic carbocycles. The third-order valence-corrected chi connectivity index (χ3v) is 7.82. The molecule has 0 radical (unpaired) electrons. The number of epoxide rings is 1. The van der Waals surface area contributed by atoms with Crippen molar-refractivity contribution in [3.63, 3.8) is 0 Å². The zero-order chi connectivity index (χ0) is 17.8. The van der Waals surface area contributed by atoms with Gasteiger partial charge in [-0.25, -0.2) is 0 Å². The molecule has 0 aromatic heterocycles. The fraction of sp³-hybridized carbons (Fsp3) is 0.917. The number of rotatable bonds is 6. The minimum atomic E-state index is 0.566. The van der Waals surface area contributed by atoms with Crippen molar-refractivity contribution < 1.29 is 9.47 Å². The molecule has 3 atom stereocenters. The Labute approximate surface area is 161 Å². The van der Waals surface area contributed by atoms with E-state index in [1.165, 1.54) is 77.0 Å².